The van der Waals surface area contributed by atoms with Crippen LogP contribution in [0.2, 0.25) is 0 Å². The lowest BCUT2D eigenvalue weighted by Crippen LogP contribution is -2.42. The smallest absolute Gasteiger partial charge is 0.326 e. The first kappa shape index (κ1) is 37.4. The molecule has 232 valence electrons. The summed E-state index contributed by atoms with van der Waals surface area (Å²) in [5, 5.41) is 12.0. The molecule has 1 amide bonds. The zero-order chi connectivity index (χ0) is 31.7. The molecule has 1 atom stereocenters. The molecular weight excluding hydrogens is 591 g/mol. The maximum Gasteiger partial charge on any atom is 0.326 e. The summed E-state index contributed by atoms with van der Waals surface area (Å²) in [6.45, 7) is 11.0. The van der Waals surface area contributed by atoms with Gasteiger partial charge in [0.15, 0.2) is 0 Å². The van der Waals surface area contributed by atoms with Crippen LogP contribution in [-0.4, -0.2) is 55.5 Å². The van der Waals surface area contributed by atoms with Crippen LogP contribution in [0.4, 0.5) is 0 Å². The Bertz CT molecular complexity index is 1370. The molecule has 0 radical (unpaired) electrons. The third-order valence-electron chi connectivity index (χ3n) is 6.01. The second kappa shape index (κ2) is 19.5. The standard InChI is InChI=1S/C27H31NO6S2.C3H8S.C2H6/c1-4-20-10-11-21(35-20)17-34-16-19-9-12-23(24(15-19)22-8-6-5-7-18(22)2)26(29)28-25(27(30)31)13-14-36(3,32)33;1-3-4-2;1-2/h5-12,15,25H,4,13-14,16-17H2,1-3H3,(H,28,29)(H,30,31);3H2,1-2H3;1-2H3. The summed E-state index contributed by atoms with van der Waals surface area (Å²) in [5.74, 6) is -0.962. The lowest BCUT2D eigenvalue weighted by molar-refractivity contribution is -0.139. The fraction of sp³-hybridized carbons (Fsp3) is 0.438. The largest absolute Gasteiger partial charge is 0.480 e. The Balaban J connectivity index is 0.00000135. The maximum atomic E-state index is 13.2. The molecule has 1 unspecified atom stereocenters. The highest BCUT2D eigenvalue weighted by Gasteiger charge is 2.24. The number of hydrogen-bond donors (Lipinski definition) is 2. The molecule has 0 saturated carbocycles. The molecule has 1 heterocycles. The van der Waals surface area contributed by atoms with Gasteiger partial charge in [0, 0.05) is 21.6 Å². The van der Waals surface area contributed by atoms with E-state index < -0.39 is 27.8 Å². The first-order valence-corrected chi connectivity index (χ1v) is 18.3. The number of aryl methyl sites for hydroxylation is 2. The zero-order valence-electron chi connectivity index (χ0n) is 25.7. The van der Waals surface area contributed by atoms with Crippen LogP contribution in [0, 0.1) is 6.92 Å². The molecule has 10 heteroatoms. The van der Waals surface area contributed by atoms with Gasteiger partial charge in [0.1, 0.15) is 15.9 Å². The van der Waals surface area contributed by atoms with E-state index in [0.717, 1.165) is 34.2 Å². The molecule has 0 bridgehead atoms. The number of hydrogen-bond acceptors (Lipinski definition) is 7. The molecular formula is C32H45NO6S3. The number of thiophene rings is 1. The van der Waals surface area contributed by atoms with Gasteiger partial charge < -0.3 is 15.2 Å². The van der Waals surface area contributed by atoms with Crippen molar-refractivity contribution < 1.29 is 27.9 Å². The zero-order valence-corrected chi connectivity index (χ0v) is 28.2. The Morgan fingerprint density at radius 3 is 2.19 bits per heavy atom. The Hall–Kier alpha value is -2.66. The number of sulfone groups is 1. The molecule has 0 saturated heterocycles. The van der Waals surface area contributed by atoms with Crippen molar-refractivity contribution in [3.8, 4) is 11.1 Å². The predicted molar refractivity (Wildman–Crippen MR) is 177 cm³/mol. The fourth-order valence-corrected chi connectivity index (χ4v) is 5.32. The van der Waals surface area contributed by atoms with Crippen molar-refractivity contribution in [2.75, 3.05) is 24.0 Å². The van der Waals surface area contributed by atoms with Gasteiger partial charge in [-0.1, -0.05) is 58.0 Å². The summed E-state index contributed by atoms with van der Waals surface area (Å²) in [6.07, 6.45) is 3.91. The second-order valence-electron chi connectivity index (χ2n) is 9.27. The van der Waals surface area contributed by atoms with Gasteiger partial charge in [0.25, 0.3) is 5.91 Å². The molecule has 0 spiro atoms. The number of rotatable bonds is 13. The van der Waals surface area contributed by atoms with E-state index in [1.54, 1.807) is 23.5 Å². The molecule has 2 aromatic carbocycles. The van der Waals surface area contributed by atoms with E-state index in [9.17, 15) is 23.1 Å². The Labute approximate surface area is 260 Å². The number of carbonyl (C=O) groups excluding carboxylic acids is 1. The number of amides is 1. The molecule has 1 aromatic heterocycles. The van der Waals surface area contributed by atoms with Crippen molar-refractivity contribution in [3.63, 3.8) is 0 Å². The minimum atomic E-state index is -3.37. The quantitative estimate of drug-likeness (QED) is 0.208. The van der Waals surface area contributed by atoms with E-state index in [1.165, 1.54) is 10.6 Å². The van der Waals surface area contributed by atoms with E-state index >= 15 is 0 Å². The summed E-state index contributed by atoms with van der Waals surface area (Å²) < 4.78 is 28.9. The number of carboxylic acid groups (broad SMARTS) is 1. The van der Waals surface area contributed by atoms with E-state index in [0.29, 0.717) is 24.3 Å². The van der Waals surface area contributed by atoms with Crippen LogP contribution >= 0.6 is 23.1 Å². The topological polar surface area (TPSA) is 110 Å². The average Bonchev–Trinajstić information content (AvgIpc) is 3.44. The van der Waals surface area contributed by atoms with Crippen LogP contribution in [-0.2, 0) is 39.0 Å². The summed E-state index contributed by atoms with van der Waals surface area (Å²) in [5.41, 5.74) is 3.65. The highest BCUT2D eigenvalue weighted by molar-refractivity contribution is 7.98. The van der Waals surface area contributed by atoms with Crippen LogP contribution in [0.1, 0.15) is 65.4 Å². The Kier molecular flexibility index (Phi) is 17.4. The third kappa shape index (κ3) is 13.1. The van der Waals surface area contributed by atoms with Crippen LogP contribution in [0.15, 0.2) is 54.6 Å². The minimum Gasteiger partial charge on any atom is -0.480 e. The summed E-state index contributed by atoms with van der Waals surface area (Å²) in [4.78, 5) is 27.3. The van der Waals surface area contributed by atoms with Crippen molar-refractivity contribution in [3.05, 3.63) is 81.0 Å². The van der Waals surface area contributed by atoms with Crippen molar-refractivity contribution in [1.29, 1.82) is 0 Å². The normalized spacial score (nSPS) is 11.4. The van der Waals surface area contributed by atoms with Gasteiger partial charge in [-0.2, -0.15) is 11.8 Å². The average molecular weight is 636 g/mol. The molecule has 0 aliphatic rings. The lowest BCUT2D eigenvalue weighted by Gasteiger charge is -2.18. The van der Waals surface area contributed by atoms with Crippen LogP contribution in [0.5, 0.6) is 0 Å². The molecule has 0 aliphatic carbocycles. The molecule has 0 aliphatic heterocycles. The van der Waals surface area contributed by atoms with Gasteiger partial charge >= 0.3 is 5.97 Å². The number of carbonyl (C=O) groups is 2. The van der Waals surface area contributed by atoms with Gasteiger partial charge in [-0.05, 0) is 78.3 Å². The van der Waals surface area contributed by atoms with Crippen molar-refractivity contribution in [1.82, 2.24) is 5.32 Å². The van der Waals surface area contributed by atoms with Crippen LogP contribution in [0.3, 0.4) is 0 Å². The van der Waals surface area contributed by atoms with Gasteiger partial charge in [0.2, 0.25) is 0 Å². The van der Waals surface area contributed by atoms with E-state index in [4.69, 9.17) is 4.74 Å². The summed E-state index contributed by atoms with van der Waals surface area (Å²) >= 11 is 3.58. The Morgan fingerprint density at radius 1 is 1.00 bits per heavy atom. The monoisotopic (exact) mass is 635 g/mol. The third-order valence-corrected chi connectivity index (χ3v) is 8.77. The van der Waals surface area contributed by atoms with Gasteiger partial charge in [-0.3, -0.25) is 4.79 Å². The highest BCUT2D eigenvalue weighted by Crippen LogP contribution is 2.29. The minimum absolute atomic E-state index is 0.214. The number of aliphatic carboxylic acids is 1. The summed E-state index contributed by atoms with van der Waals surface area (Å²) in [6, 6.07) is 15.8. The summed E-state index contributed by atoms with van der Waals surface area (Å²) in [7, 11) is -3.37. The van der Waals surface area contributed by atoms with E-state index in [1.807, 2.05) is 62.9 Å². The maximum absolute atomic E-state index is 13.2. The molecule has 3 rings (SSSR count). The Morgan fingerprint density at radius 2 is 1.64 bits per heavy atom. The molecule has 2 N–H and O–H groups in total. The number of ether oxygens (including phenoxy) is 1. The van der Waals surface area contributed by atoms with Gasteiger partial charge in [0.05, 0.1) is 19.0 Å². The van der Waals surface area contributed by atoms with Gasteiger partial charge in [-0.15, -0.1) is 11.3 Å². The molecule has 0 fully saturated rings. The van der Waals surface area contributed by atoms with Crippen molar-refractivity contribution in [2.24, 2.45) is 0 Å². The van der Waals surface area contributed by atoms with Gasteiger partial charge in [-0.25, -0.2) is 13.2 Å². The fourth-order valence-electron chi connectivity index (χ4n) is 3.76. The lowest BCUT2D eigenvalue weighted by atomic mass is 9.93. The number of carboxylic acids is 1. The number of nitrogens with one attached hydrogen (secondary N) is 1. The highest BCUT2D eigenvalue weighted by atomic mass is 32.2. The van der Waals surface area contributed by atoms with Crippen molar-refractivity contribution >= 4 is 44.8 Å². The first-order chi connectivity index (χ1) is 20.0. The molecule has 7 nitrogen and oxygen atoms in total. The van der Waals surface area contributed by atoms with Crippen molar-refractivity contribution in [2.45, 2.75) is 66.7 Å². The second-order valence-corrected chi connectivity index (χ2v) is 13.9. The molecule has 3 aromatic rings. The van der Waals surface area contributed by atoms with E-state index in [-0.39, 0.29) is 12.2 Å². The van der Waals surface area contributed by atoms with E-state index in [2.05, 4.69) is 37.6 Å². The SMILES string of the molecule is CC.CCSC.CCc1ccc(COCc2ccc(C(=O)NC(CCS(C)(=O)=O)C(=O)O)c(-c3ccccc3C)c2)s1. The predicted octanol–water partition coefficient (Wildman–Crippen LogP) is 7.02. The first-order valence-electron chi connectivity index (χ1n) is 14.0. The van der Waals surface area contributed by atoms with Crippen LogP contribution in [0.25, 0.3) is 11.1 Å². The van der Waals surface area contributed by atoms with Crippen LogP contribution < -0.4 is 5.32 Å². The number of thioether (sulfide) groups is 1. The molecule has 42 heavy (non-hydrogen) atoms. The number of benzene rings is 2.